The number of aromatic nitrogens is 2. The number of hydrogen-bond donors (Lipinski definition) is 1. The Balaban J connectivity index is 1.56. The topological polar surface area (TPSA) is 99.6 Å². The highest BCUT2D eigenvalue weighted by atomic mass is 32.1. The van der Waals surface area contributed by atoms with Gasteiger partial charge in [-0.05, 0) is 56.0 Å². The van der Waals surface area contributed by atoms with Crippen molar-refractivity contribution in [2.45, 2.75) is 51.2 Å². The summed E-state index contributed by atoms with van der Waals surface area (Å²) in [7, 11) is 1.60. The van der Waals surface area contributed by atoms with Crippen LogP contribution >= 0.6 is 11.3 Å². The third-order valence-electron chi connectivity index (χ3n) is 6.01. The molecule has 184 valence electrons. The third-order valence-corrected chi connectivity index (χ3v) is 6.90. The smallest absolute Gasteiger partial charge is 0.302 e. The van der Waals surface area contributed by atoms with Crippen LogP contribution in [0.15, 0.2) is 48.1 Å². The van der Waals surface area contributed by atoms with Crippen molar-refractivity contribution in [2.75, 3.05) is 13.7 Å². The molecule has 35 heavy (non-hydrogen) atoms. The Labute approximate surface area is 208 Å². The normalized spacial score (nSPS) is 19.6. The molecule has 1 N–H and O–H groups in total. The highest BCUT2D eigenvalue weighted by Gasteiger charge is 2.35. The van der Waals surface area contributed by atoms with Gasteiger partial charge in [-0.15, -0.1) is 11.3 Å². The minimum Gasteiger partial charge on any atom is -0.493 e. The number of esters is 1. The fourth-order valence-corrected chi connectivity index (χ4v) is 5.24. The molecule has 0 bridgehead atoms. The summed E-state index contributed by atoms with van der Waals surface area (Å²) in [4.78, 5) is 33.4. The van der Waals surface area contributed by atoms with Crippen molar-refractivity contribution >= 4 is 23.2 Å². The van der Waals surface area contributed by atoms with Crippen molar-refractivity contribution in [1.82, 2.24) is 15.3 Å². The van der Waals surface area contributed by atoms with Crippen LogP contribution < -0.4 is 14.8 Å². The standard InChI is InChI=1S/C26H29N3O5S/c1-4-33-24-12-17(7-10-23(24)32-3)20-13-19(34-16(2)30)8-9-21(20)28-25(31)22-15-35-26(29-22)18-6-5-11-27-14-18/h5-7,10-12,14-15,19-21H,4,8-9,13H2,1-3H3,(H,28,31). The summed E-state index contributed by atoms with van der Waals surface area (Å²) in [5.74, 6) is 0.697. The molecular formula is C26H29N3O5S. The molecule has 3 unspecified atom stereocenters. The number of ether oxygens (including phenoxy) is 3. The van der Waals surface area contributed by atoms with Crippen LogP contribution in [0, 0.1) is 0 Å². The van der Waals surface area contributed by atoms with Gasteiger partial charge in [-0.25, -0.2) is 4.98 Å². The largest absolute Gasteiger partial charge is 0.493 e. The lowest BCUT2D eigenvalue weighted by atomic mass is 9.78. The Morgan fingerprint density at radius 3 is 2.77 bits per heavy atom. The summed E-state index contributed by atoms with van der Waals surface area (Å²) in [6.07, 6.45) is 5.16. The van der Waals surface area contributed by atoms with E-state index < -0.39 is 0 Å². The van der Waals surface area contributed by atoms with Gasteiger partial charge in [0, 0.05) is 42.2 Å². The van der Waals surface area contributed by atoms with Gasteiger partial charge >= 0.3 is 5.97 Å². The van der Waals surface area contributed by atoms with Crippen molar-refractivity contribution in [3.63, 3.8) is 0 Å². The number of benzene rings is 1. The van der Waals surface area contributed by atoms with Gasteiger partial charge in [0.2, 0.25) is 0 Å². The zero-order chi connectivity index (χ0) is 24.8. The molecule has 0 aliphatic heterocycles. The fraction of sp³-hybridized carbons (Fsp3) is 0.385. The second-order valence-corrected chi connectivity index (χ2v) is 9.21. The number of amides is 1. The summed E-state index contributed by atoms with van der Waals surface area (Å²) in [5.41, 5.74) is 2.24. The number of carbonyl (C=O) groups excluding carboxylic acids is 2. The second kappa shape index (κ2) is 11.3. The second-order valence-electron chi connectivity index (χ2n) is 8.35. The van der Waals surface area contributed by atoms with Gasteiger partial charge in [-0.2, -0.15) is 0 Å². The summed E-state index contributed by atoms with van der Waals surface area (Å²) in [5, 5.41) is 5.69. The SMILES string of the molecule is CCOc1cc(C2CC(OC(C)=O)CCC2NC(=O)c2csc(-c3cccnc3)n2)ccc1OC. The first-order chi connectivity index (χ1) is 17.0. The molecule has 0 saturated heterocycles. The van der Waals surface area contributed by atoms with Crippen LogP contribution in [0.1, 0.15) is 55.1 Å². The number of carbonyl (C=O) groups is 2. The van der Waals surface area contributed by atoms with Crippen molar-refractivity contribution in [1.29, 1.82) is 0 Å². The molecule has 1 aromatic carbocycles. The van der Waals surface area contributed by atoms with E-state index >= 15 is 0 Å². The maximum absolute atomic E-state index is 13.2. The molecule has 4 rings (SSSR count). The molecule has 3 atom stereocenters. The van der Waals surface area contributed by atoms with E-state index in [4.69, 9.17) is 14.2 Å². The zero-order valence-corrected chi connectivity index (χ0v) is 20.8. The molecule has 1 amide bonds. The molecule has 2 heterocycles. The van der Waals surface area contributed by atoms with E-state index in [9.17, 15) is 9.59 Å². The lowest BCUT2D eigenvalue weighted by molar-refractivity contribution is -0.148. The van der Waals surface area contributed by atoms with Gasteiger partial charge in [0.25, 0.3) is 5.91 Å². The van der Waals surface area contributed by atoms with Gasteiger partial charge in [0.1, 0.15) is 16.8 Å². The highest BCUT2D eigenvalue weighted by Crippen LogP contribution is 2.39. The molecule has 8 nitrogen and oxygen atoms in total. The van der Waals surface area contributed by atoms with Crippen LogP contribution in [0.2, 0.25) is 0 Å². The predicted octanol–water partition coefficient (Wildman–Crippen LogP) is 4.61. The van der Waals surface area contributed by atoms with E-state index in [0.717, 1.165) is 16.1 Å². The summed E-state index contributed by atoms with van der Waals surface area (Å²) < 4.78 is 16.7. The molecule has 1 saturated carbocycles. The van der Waals surface area contributed by atoms with E-state index in [1.807, 2.05) is 37.3 Å². The minimum atomic E-state index is -0.300. The first-order valence-corrected chi connectivity index (χ1v) is 12.5. The Kier molecular flexibility index (Phi) is 7.97. The van der Waals surface area contributed by atoms with Crippen molar-refractivity contribution in [3.05, 3.63) is 59.4 Å². The lowest BCUT2D eigenvalue weighted by Gasteiger charge is -2.36. The van der Waals surface area contributed by atoms with Gasteiger partial charge < -0.3 is 19.5 Å². The average Bonchev–Trinajstić information content (AvgIpc) is 3.36. The molecule has 9 heteroatoms. The quantitative estimate of drug-likeness (QED) is 0.456. The lowest BCUT2D eigenvalue weighted by Crippen LogP contribution is -2.44. The maximum atomic E-state index is 13.2. The summed E-state index contributed by atoms with van der Waals surface area (Å²) in [6.45, 7) is 3.84. The molecule has 2 aromatic heterocycles. The third kappa shape index (κ3) is 5.97. The van der Waals surface area contributed by atoms with Crippen LogP contribution in [0.25, 0.3) is 10.6 Å². The number of pyridine rings is 1. The molecule has 1 fully saturated rings. The van der Waals surface area contributed by atoms with Crippen molar-refractivity contribution in [3.8, 4) is 22.1 Å². The maximum Gasteiger partial charge on any atom is 0.302 e. The van der Waals surface area contributed by atoms with Gasteiger partial charge in [-0.1, -0.05) is 6.07 Å². The van der Waals surface area contributed by atoms with Crippen LogP contribution in [-0.4, -0.2) is 47.7 Å². The van der Waals surface area contributed by atoms with Crippen LogP contribution in [0.4, 0.5) is 0 Å². The van der Waals surface area contributed by atoms with E-state index in [1.165, 1.54) is 18.3 Å². The predicted molar refractivity (Wildman–Crippen MR) is 133 cm³/mol. The van der Waals surface area contributed by atoms with Crippen molar-refractivity contribution in [2.24, 2.45) is 0 Å². The van der Waals surface area contributed by atoms with E-state index in [-0.39, 0.29) is 29.9 Å². The van der Waals surface area contributed by atoms with E-state index in [2.05, 4.69) is 15.3 Å². The Bertz CT molecular complexity index is 1170. The number of nitrogens with zero attached hydrogens (tertiary/aromatic N) is 2. The number of hydrogen-bond acceptors (Lipinski definition) is 8. The number of thiazole rings is 1. The first kappa shape index (κ1) is 24.7. The van der Waals surface area contributed by atoms with Crippen LogP contribution in [-0.2, 0) is 9.53 Å². The van der Waals surface area contributed by atoms with Gasteiger partial charge in [0.05, 0.1) is 13.7 Å². The highest BCUT2D eigenvalue weighted by molar-refractivity contribution is 7.13. The fourth-order valence-electron chi connectivity index (χ4n) is 4.45. The van der Waals surface area contributed by atoms with Gasteiger partial charge in [-0.3, -0.25) is 14.6 Å². The van der Waals surface area contributed by atoms with Crippen LogP contribution in [0.5, 0.6) is 11.5 Å². The van der Waals surface area contributed by atoms with Crippen LogP contribution in [0.3, 0.4) is 0 Å². The summed E-state index contributed by atoms with van der Waals surface area (Å²) >= 11 is 1.41. The molecule has 1 aliphatic carbocycles. The first-order valence-electron chi connectivity index (χ1n) is 11.6. The monoisotopic (exact) mass is 495 g/mol. The summed E-state index contributed by atoms with van der Waals surface area (Å²) in [6, 6.07) is 9.40. The molecule has 1 aliphatic rings. The number of nitrogens with one attached hydrogen (secondary N) is 1. The minimum absolute atomic E-state index is 0.0707. The molecule has 0 radical (unpaired) electrons. The Hall–Kier alpha value is -3.46. The van der Waals surface area contributed by atoms with Crippen molar-refractivity contribution < 1.29 is 23.8 Å². The Morgan fingerprint density at radius 1 is 1.20 bits per heavy atom. The Morgan fingerprint density at radius 2 is 2.06 bits per heavy atom. The molecule has 0 spiro atoms. The van der Waals surface area contributed by atoms with Gasteiger partial charge in [0.15, 0.2) is 11.5 Å². The van der Waals surface area contributed by atoms with E-state index in [1.54, 1.807) is 24.9 Å². The zero-order valence-electron chi connectivity index (χ0n) is 20.0. The molecule has 3 aromatic rings. The molecular weight excluding hydrogens is 466 g/mol. The van der Waals surface area contributed by atoms with E-state index in [0.29, 0.717) is 43.1 Å². The number of methoxy groups -OCH3 is 1. The average molecular weight is 496 g/mol. The number of rotatable bonds is 8.